The predicted molar refractivity (Wildman–Crippen MR) is 140 cm³/mol. The second-order valence-corrected chi connectivity index (χ2v) is 9.79. The number of aryl methyl sites for hydroxylation is 1. The lowest BCUT2D eigenvalue weighted by Gasteiger charge is -2.41. The van der Waals surface area contributed by atoms with Crippen LogP contribution in [0.2, 0.25) is 0 Å². The lowest BCUT2D eigenvalue weighted by molar-refractivity contribution is -0.122. The van der Waals surface area contributed by atoms with Crippen LogP contribution in [0.15, 0.2) is 41.2 Å². The molecule has 2 heterocycles. The number of carbonyl (C=O) groups is 1. The molecule has 8 nitrogen and oxygen atoms in total. The molecule has 1 aliphatic carbocycles. The molecule has 1 fully saturated rings. The molecule has 0 saturated heterocycles. The summed E-state index contributed by atoms with van der Waals surface area (Å²) in [5.41, 5.74) is 1.86. The zero-order chi connectivity index (χ0) is 26.9. The highest BCUT2D eigenvalue weighted by Crippen LogP contribution is 2.35. The minimum atomic E-state index is -0.415. The van der Waals surface area contributed by atoms with Crippen LogP contribution in [0.1, 0.15) is 50.8 Å². The molecular formula is C28H29FN6O2. The van der Waals surface area contributed by atoms with Gasteiger partial charge >= 0.3 is 0 Å². The average Bonchev–Trinajstić information content (AvgIpc) is 2.91. The maximum absolute atomic E-state index is 13.5. The second kappa shape index (κ2) is 10.4. The maximum Gasteiger partial charge on any atom is 0.270 e. The van der Waals surface area contributed by atoms with Crippen LogP contribution < -0.4 is 15.4 Å². The quantitative estimate of drug-likeness (QED) is 0.518. The number of amides is 1. The predicted octanol–water partition coefficient (Wildman–Crippen LogP) is 4.25. The summed E-state index contributed by atoms with van der Waals surface area (Å²) in [6, 6.07) is 13.3. The highest BCUT2D eigenvalue weighted by atomic mass is 19.1. The van der Waals surface area contributed by atoms with Gasteiger partial charge in [0.15, 0.2) is 0 Å². The molecule has 0 radical (unpaired) electrons. The van der Waals surface area contributed by atoms with Crippen molar-refractivity contribution in [2.45, 2.75) is 51.6 Å². The molecule has 0 atom stereocenters. The third-order valence-corrected chi connectivity index (χ3v) is 7.21. The summed E-state index contributed by atoms with van der Waals surface area (Å²) in [6.45, 7) is 3.70. The largest absolute Gasteiger partial charge is 0.369 e. The van der Waals surface area contributed by atoms with Crippen LogP contribution in [-0.4, -0.2) is 34.6 Å². The van der Waals surface area contributed by atoms with Crippen LogP contribution in [0, 0.1) is 34.4 Å². The van der Waals surface area contributed by atoms with Crippen LogP contribution in [0.5, 0.6) is 0 Å². The number of fused-ring (bicyclic) bond motifs is 1. The van der Waals surface area contributed by atoms with Gasteiger partial charge in [-0.15, -0.1) is 0 Å². The number of benzene rings is 1. The second-order valence-electron chi connectivity index (χ2n) is 9.79. The van der Waals surface area contributed by atoms with Crippen LogP contribution in [0.4, 0.5) is 15.8 Å². The van der Waals surface area contributed by atoms with E-state index in [1.807, 2.05) is 31.9 Å². The van der Waals surface area contributed by atoms with Gasteiger partial charge in [0.1, 0.15) is 34.7 Å². The highest BCUT2D eigenvalue weighted by Gasteiger charge is 2.34. The Morgan fingerprint density at radius 3 is 2.24 bits per heavy atom. The van der Waals surface area contributed by atoms with Gasteiger partial charge in [0.05, 0.1) is 11.2 Å². The van der Waals surface area contributed by atoms with Crippen molar-refractivity contribution in [3.05, 3.63) is 63.8 Å². The fraction of sp³-hybridized carbons (Fsp3) is 0.393. The third kappa shape index (κ3) is 4.77. The Morgan fingerprint density at radius 2 is 1.68 bits per heavy atom. The molecule has 1 saturated carbocycles. The SMILES string of the molecule is CC(C)C(=O)N(c1ccc(F)cc1)C1CCC(N(C)c2c(C#N)c(=O)n(C)c3ccc(C#N)nc23)CC1. The molecule has 0 spiro atoms. The molecule has 0 bridgehead atoms. The Morgan fingerprint density at radius 1 is 1.05 bits per heavy atom. The number of nitriles is 2. The third-order valence-electron chi connectivity index (χ3n) is 7.21. The minimum Gasteiger partial charge on any atom is -0.369 e. The number of nitrogens with zero attached hydrogens (tertiary/aromatic N) is 6. The van der Waals surface area contributed by atoms with Crippen molar-refractivity contribution >= 4 is 28.3 Å². The summed E-state index contributed by atoms with van der Waals surface area (Å²) in [6.07, 6.45) is 2.83. The van der Waals surface area contributed by atoms with Crippen LogP contribution in [0.3, 0.4) is 0 Å². The number of hydrogen-bond acceptors (Lipinski definition) is 6. The number of carbonyl (C=O) groups excluding carboxylic acids is 1. The first-order valence-corrected chi connectivity index (χ1v) is 12.3. The van der Waals surface area contributed by atoms with Gasteiger partial charge in [-0.05, 0) is 62.1 Å². The van der Waals surface area contributed by atoms with Gasteiger partial charge in [-0.1, -0.05) is 13.8 Å². The molecule has 0 unspecified atom stereocenters. The van der Waals surface area contributed by atoms with Crippen molar-refractivity contribution in [2.75, 3.05) is 16.8 Å². The Balaban J connectivity index is 1.66. The number of pyridine rings is 2. The summed E-state index contributed by atoms with van der Waals surface area (Å²) >= 11 is 0. The molecule has 3 aromatic rings. The first-order chi connectivity index (χ1) is 17.7. The van der Waals surface area contributed by atoms with E-state index in [0.717, 1.165) is 0 Å². The fourth-order valence-corrected chi connectivity index (χ4v) is 5.18. The maximum atomic E-state index is 13.5. The normalized spacial score (nSPS) is 17.3. The van der Waals surface area contributed by atoms with E-state index in [1.54, 1.807) is 36.2 Å². The molecule has 190 valence electrons. The summed E-state index contributed by atoms with van der Waals surface area (Å²) in [4.78, 5) is 34.3. The zero-order valence-electron chi connectivity index (χ0n) is 21.4. The Bertz CT molecular complexity index is 1470. The van der Waals surface area contributed by atoms with Crippen molar-refractivity contribution in [1.29, 1.82) is 10.5 Å². The summed E-state index contributed by atoms with van der Waals surface area (Å²) in [5, 5.41) is 19.3. The number of aromatic nitrogens is 2. The number of anilines is 2. The lowest BCUT2D eigenvalue weighted by atomic mass is 9.88. The fourth-order valence-electron chi connectivity index (χ4n) is 5.18. The van der Waals surface area contributed by atoms with E-state index >= 15 is 0 Å². The molecule has 0 aliphatic heterocycles. The van der Waals surface area contributed by atoms with E-state index < -0.39 is 5.56 Å². The summed E-state index contributed by atoms with van der Waals surface area (Å²) in [7, 11) is 3.43. The Labute approximate surface area is 215 Å². The van der Waals surface area contributed by atoms with Gasteiger partial charge in [-0.3, -0.25) is 9.59 Å². The lowest BCUT2D eigenvalue weighted by Crippen LogP contribution is -2.47. The van der Waals surface area contributed by atoms with Gasteiger partial charge in [0.2, 0.25) is 5.91 Å². The monoisotopic (exact) mass is 500 g/mol. The Hall–Kier alpha value is -4.24. The van der Waals surface area contributed by atoms with Crippen molar-refractivity contribution in [3.8, 4) is 12.1 Å². The zero-order valence-corrected chi connectivity index (χ0v) is 21.4. The van der Waals surface area contributed by atoms with Crippen molar-refractivity contribution < 1.29 is 9.18 Å². The molecule has 1 aliphatic rings. The average molecular weight is 501 g/mol. The van der Waals surface area contributed by atoms with E-state index in [4.69, 9.17) is 0 Å². The minimum absolute atomic E-state index is 0.00424. The molecule has 1 aromatic carbocycles. The molecule has 4 rings (SSSR count). The highest BCUT2D eigenvalue weighted by molar-refractivity contribution is 5.95. The van der Waals surface area contributed by atoms with Gasteiger partial charge < -0.3 is 14.4 Å². The number of rotatable bonds is 5. The Kier molecular flexibility index (Phi) is 7.26. The molecule has 37 heavy (non-hydrogen) atoms. The van der Waals surface area contributed by atoms with Gasteiger partial charge in [-0.2, -0.15) is 10.5 Å². The number of hydrogen-bond donors (Lipinski definition) is 0. The first kappa shape index (κ1) is 25.8. The van der Waals surface area contributed by atoms with Crippen molar-refractivity contribution in [1.82, 2.24) is 9.55 Å². The number of halogens is 1. The summed E-state index contributed by atoms with van der Waals surface area (Å²) in [5.74, 6) is -0.578. The van der Waals surface area contributed by atoms with E-state index in [-0.39, 0.29) is 41.0 Å². The molecule has 2 aromatic heterocycles. The van der Waals surface area contributed by atoms with E-state index in [2.05, 4.69) is 11.1 Å². The van der Waals surface area contributed by atoms with E-state index in [0.29, 0.717) is 48.1 Å². The smallest absolute Gasteiger partial charge is 0.270 e. The molecule has 9 heteroatoms. The summed E-state index contributed by atoms with van der Waals surface area (Å²) < 4.78 is 14.9. The molecule has 1 amide bonds. The van der Waals surface area contributed by atoms with E-state index in [9.17, 15) is 24.5 Å². The topological polar surface area (TPSA) is 106 Å². The van der Waals surface area contributed by atoms with Crippen LogP contribution in [0.25, 0.3) is 11.0 Å². The standard InChI is InChI=1S/C28H29FN6O2/c1-17(2)27(36)35(21-8-5-18(29)6-9-21)22-12-10-20(11-13-22)33(3)26-23(16-31)28(37)34(4)24-14-7-19(15-30)32-25(24)26/h5-9,14,17,20,22H,10-13H2,1-4H3. The van der Waals surface area contributed by atoms with Gasteiger partial charge in [0, 0.05) is 37.8 Å². The van der Waals surface area contributed by atoms with Gasteiger partial charge in [-0.25, -0.2) is 9.37 Å². The molecular weight excluding hydrogens is 471 g/mol. The van der Waals surface area contributed by atoms with Gasteiger partial charge in [0.25, 0.3) is 5.56 Å². The van der Waals surface area contributed by atoms with Crippen LogP contribution in [-0.2, 0) is 11.8 Å². The van der Waals surface area contributed by atoms with E-state index in [1.165, 1.54) is 16.7 Å². The van der Waals surface area contributed by atoms with Crippen molar-refractivity contribution in [3.63, 3.8) is 0 Å². The molecule has 0 N–H and O–H groups in total. The first-order valence-electron chi connectivity index (χ1n) is 12.3. The van der Waals surface area contributed by atoms with Crippen molar-refractivity contribution in [2.24, 2.45) is 13.0 Å². The van der Waals surface area contributed by atoms with Crippen LogP contribution >= 0.6 is 0 Å².